The van der Waals surface area contributed by atoms with Crippen LogP contribution in [0, 0.1) is 11.8 Å². The Hall–Kier alpha value is -1.14. The lowest BCUT2D eigenvalue weighted by Crippen LogP contribution is -2.53. The second-order valence-electron chi connectivity index (χ2n) is 7.97. The van der Waals surface area contributed by atoms with Crippen molar-refractivity contribution in [3.05, 3.63) is 0 Å². The molecule has 6 heteroatoms. The molecule has 3 atom stereocenters. The maximum Gasteiger partial charge on any atom is 0.234 e. The van der Waals surface area contributed by atoms with Gasteiger partial charge in [0.05, 0.1) is 6.54 Å². The van der Waals surface area contributed by atoms with Crippen LogP contribution in [0.25, 0.3) is 0 Å². The molecule has 0 bridgehead atoms. The Balaban J connectivity index is 1.44. The van der Waals surface area contributed by atoms with Gasteiger partial charge in [-0.15, -0.1) is 0 Å². The lowest BCUT2D eigenvalue weighted by Gasteiger charge is -2.39. The highest BCUT2D eigenvalue weighted by Gasteiger charge is 2.36. The zero-order chi connectivity index (χ0) is 17.3. The maximum atomic E-state index is 12.2. The van der Waals surface area contributed by atoms with E-state index >= 15 is 0 Å². The predicted molar refractivity (Wildman–Crippen MR) is 93.5 cm³/mol. The second-order valence-corrected chi connectivity index (χ2v) is 7.97. The average molecular weight is 336 g/mol. The van der Waals surface area contributed by atoms with Crippen LogP contribution < -0.4 is 5.32 Å². The lowest BCUT2D eigenvalue weighted by atomic mass is 10.0. The summed E-state index contributed by atoms with van der Waals surface area (Å²) >= 11 is 0. The van der Waals surface area contributed by atoms with Crippen molar-refractivity contribution in [2.24, 2.45) is 11.8 Å². The summed E-state index contributed by atoms with van der Waals surface area (Å²) in [5, 5.41) is 3.16. The van der Waals surface area contributed by atoms with Crippen LogP contribution in [0.2, 0.25) is 0 Å². The van der Waals surface area contributed by atoms with Gasteiger partial charge in [0.25, 0.3) is 0 Å². The molecule has 1 N–H and O–H groups in total. The van der Waals surface area contributed by atoms with Crippen LogP contribution in [-0.4, -0.2) is 84.4 Å². The fourth-order valence-corrected chi connectivity index (χ4v) is 4.24. The van der Waals surface area contributed by atoms with Gasteiger partial charge in [-0.25, -0.2) is 0 Å². The van der Waals surface area contributed by atoms with E-state index in [9.17, 15) is 9.59 Å². The number of carbonyl (C=O) groups excluding carboxylic acids is 2. The monoisotopic (exact) mass is 336 g/mol. The van der Waals surface area contributed by atoms with E-state index < -0.39 is 0 Å². The Labute approximate surface area is 145 Å². The fraction of sp³-hybridized carbons (Fsp3) is 0.889. The number of hydrogen-bond acceptors (Lipinski definition) is 4. The first kappa shape index (κ1) is 17.7. The largest absolute Gasteiger partial charge is 0.352 e. The SMILES string of the molecule is CC(=O)N1CCN([C@@H]2CN(CC(=O)N[C@@H](C)C3CC3)C[C@@H]2C)CC1. The first-order chi connectivity index (χ1) is 11.4. The molecule has 2 aliphatic heterocycles. The maximum absolute atomic E-state index is 12.2. The number of piperazine rings is 1. The van der Waals surface area contributed by atoms with Crippen molar-refractivity contribution < 1.29 is 9.59 Å². The first-order valence-electron chi connectivity index (χ1n) is 9.45. The summed E-state index contributed by atoms with van der Waals surface area (Å²) in [4.78, 5) is 30.4. The lowest BCUT2D eigenvalue weighted by molar-refractivity contribution is -0.131. The van der Waals surface area contributed by atoms with Crippen molar-refractivity contribution in [1.29, 1.82) is 0 Å². The third-order valence-corrected chi connectivity index (χ3v) is 5.96. The molecule has 3 fully saturated rings. The first-order valence-corrected chi connectivity index (χ1v) is 9.45. The summed E-state index contributed by atoms with van der Waals surface area (Å²) in [6.07, 6.45) is 2.52. The third-order valence-electron chi connectivity index (χ3n) is 5.96. The number of nitrogens with one attached hydrogen (secondary N) is 1. The van der Waals surface area contributed by atoms with Crippen molar-refractivity contribution in [2.45, 2.75) is 45.7 Å². The van der Waals surface area contributed by atoms with Gasteiger partial charge in [-0.1, -0.05) is 6.92 Å². The zero-order valence-corrected chi connectivity index (χ0v) is 15.3. The normalized spacial score (nSPS) is 30.4. The van der Waals surface area contributed by atoms with E-state index in [4.69, 9.17) is 0 Å². The van der Waals surface area contributed by atoms with Gasteiger partial charge in [0, 0.05) is 58.3 Å². The molecule has 3 rings (SSSR count). The second kappa shape index (κ2) is 7.40. The fourth-order valence-electron chi connectivity index (χ4n) is 4.24. The topological polar surface area (TPSA) is 55.9 Å². The highest BCUT2D eigenvalue weighted by atomic mass is 16.2. The Morgan fingerprint density at radius 3 is 2.38 bits per heavy atom. The van der Waals surface area contributed by atoms with Gasteiger partial charge < -0.3 is 10.2 Å². The number of nitrogens with zero attached hydrogens (tertiary/aromatic N) is 3. The summed E-state index contributed by atoms with van der Waals surface area (Å²) in [5.74, 6) is 1.63. The molecular formula is C18H32N4O2. The van der Waals surface area contributed by atoms with Crippen molar-refractivity contribution >= 4 is 11.8 Å². The zero-order valence-electron chi connectivity index (χ0n) is 15.3. The quantitative estimate of drug-likeness (QED) is 0.789. The Kier molecular flexibility index (Phi) is 5.45. The number of likely N-dealkylation sites (tertiary alicyclic amines) is 1. The van der Waals surface area contributed by atoms with Crippen LogP contribution in [0.4, 0.5) is 0 Å². The van der Waals surface area contributed by atoms with E-state index in [0.29, 0.717) is 30.5 Å². The Bertz CT molecular complexity index is 472. The molecular weight excluding hydrogens is 304 g/mol. The summed E-state index contributed by atoms with van der Waals surface area (Å²) < 4.78 is 0. The highest BCUT2D eigenvalue weighted by Crippen LogP contribution is 2.32. The summed E-state index contributed by atoms with van der Waals surface area (Å²) in [7, 11) is 0. The minimum Gasteiger partial charge on any atom is -0.352 e. The van der Waals surface area contributed by atoms with E-state index in [1.165, 1.54) is 12.8 Å². The van der Waals surface area contributed by atoms with Crippen molar-refractivity contribution in [3.8, 4) is 0 Å². The van der Waals surface area contributed by atoms with Gasteiger partial charge in [0.1, 0.15) is 0 Å². The number of amides is 2. The van der Waals surface area contributed by atoms with Gasteiger partial charge in [-0.05, 0) is 31.6 Å². The van der Waals surface area contributed by atoms with Crippen LogP contribution in [-0.2, 0) is 9.59 Å². The molecule has 3 aliphatic rings. The van der Waals surface area contributed by atoms with Gasteiger partial charge in [-0.3, -0.25) is 19.4 Å². The van der Waals surface area contributed by atoms with Gasteiger partial charge in [0.15, 0.2) is 0 Å². The van der Waals surface area contributed by atoms with Crippen LogP contribution in [0.1, 0.15) is 33.6 Å². The molecule has 0 aromatic carbocycles. The molecule has 0 aromatic rings. The molecule has 2 amide bonds. The smallest absolute Gasteiger partial charge is 0.234 e. The molecule has 1 aliphatic carbocycles. The molecule has 24 heavy (non-hydrogen) atoms. The molecule has 0 radical (unpaired) electrons. The molecule has 2 saturated heterocycles. The Morgan fingerprint density at radius 1 is 1.12 bits per heavy atom. The minimum atomic E-state index is 0.170. The van der Waals surface area contributed by atoms with Crippen LogP contribution in [0.3, 0.4) is 0 Å². The molecule has 6 nitrogen and oxygen atoms in total. The standard InChI is InChI=1S/C18H32N4O2/c1-13-10-20(12-18(24)19-14(2)16-4-5-16)11-17(13)22-8-6-21(7-9-22)15(3)23/h13-14,16-17H,4-12H2,1-3H3,(H,19,24)/t13-,14-,17+/m0/s1. The van der Waals surface area contributed by atoms with Crippen LogP contribution in [0.5, 0.6) is 0 Å². The molecule has 2 heterocycles. The van der Waals surface area contributed by atoms with Gasteiger partial charge in [0.2, 0.25) is 11.8 Å². The molecule has 136 valence electrons. The molecule has 0 aromatic heterocycles. The molecule has 0 unspecified atom stereocenters. The van der Waals surface area contributed by atoms with Crippen molar-refractivity contribution in [1.82, 2.24) is 20.0 Å². The highest BCUT2D eigenvalue weighted by molar-refractivity contribution is 5.78. The van der Waals surface area contributed by atoms with Gasteiger partial charge >= 0.3 is 0 Å². The molecule has 0 spiro atoms. The molecule has 1 saturated carbocycles. The van der Waals surface area contributed by atoms with E-state index in [1.807, 2.05) is 4.90 Å². The van der Waals surface area contributed by atoms with Gasteiger partial charge in [-0.2, -0.15) is 0 Å². The van der Waals surface area contributed by atoms with Crippen LogP contribution >= 0.6 is 0 Å². The predicted octanol–water partition coefficient (Wildman–Crippen LogP) is 0.386. The Morgan fingerprint density at radius 2 is 1.79 bits per heavy atom. The number of rotatable bonds is 5. The van der Waals surface area contributed by atoms with E-state index in [-0.39, 0.29) is 11.8 Å². The van der Waals surface area contributed by atoms with Crippen molar-refractivity contribution in [3.63, 3.8) is 0 Å². The van der Waals surface area contributed by atoms with Crippen LogP contribution in [0.15, 0.2) is 0 Å². The summed E-state index contributed by atoms with van der Waals surface area (Å²) in [6.45, 7) is 12.1. The van der Waals surface area contributed by atoms with Crippen molar-refractivity contribution in [2.75, 3.05) is 45.8 Å². The van der Waals surface area contributed by atoms with E-state index in [0.717, 1.165) is 39.3 Å². The summed E-state index contributed by atoms with van der Waals surface area (Å²) in [6, 6.07) is 0.834. The number of hydrogen-bond donors (Lipinski definition) is 1. The van der Waals surface area contributed by atoms with E-state index in [2.05, 4.69) is 29.0 Å². The average Bonchev–Trinajstić information content (AvgIpc) is 3.32. The summed E-state index contributed by atoms with van der Waals surface area (Å²) in [5.41, 5.74) is 0. The number of carbonyl (C=O) groups is 2. The third kappa shape index (κ3) is 4.28. The minimum absolute atomic E-state index is 0.170. The van der Waals surface area contributed by atoms with E-state index in [1.54, 1.807) is 6.92 Å².